The lowest BCUT2D eigenvalue weighted by Crippen LogP contribution is -2.54. The lowest BCUT2D eigenvalue weighted by Gasteiger charge is -2.42. The lowest BCUT2D eigenvalue weighted by molar-refractivity contribution is -0.136. The Balaban J connectivity index is 0.00000162. The minimum Gasteiger partial charge on any atom is -0.483 e. The molecule has 5 aliphatic rings. The molecule has 7 heterocycles. The summed E-state index contributed by atoms with van der Waals surface area (Å²) in [6, 6.07) is 12.7. The molecule has 3 fully saturated rings. The van der Waals surface area contributed by atoms with Crippen molar-refractivity contribution in [3.63, 3.8) is 0 Å². The molecule has 9 rings (SSSR count). The minimum atomic E-state index is -1.35. The molecule has 1 unspecified atom stereocenters. The Morgan fingerprint density at radius 3 is 2.27 bits per heavy atom. The number of hydrogen-bond acceptors (Lipinski definition) is 11. The molecule has 0 spiro atoms. The fourth-order valence-corrected chi connectivity index (χ4v) is 9.71. The number of para-hydroxylation sites is 1. The topological polar surface area (TPSA) is 175 Å². The monoisotopic (exact) mass is 821 g/mol. The van der Waals surface area contributed by atoms with E-state index in [1.807, 2.05) is 24.5 Å². The summed E-state index contributed by atoms with van der Waals surface area (Å²) >= 11 is 0. The van der Waals surface area contributed by atoms with Crippen molar-refractivity contribution in [2.45, 2.75) is 76.7 Å². The van der Waals surface area contributed by atoms with Crippen LogP contribution in [-0.4, -0.2) is 135 Å². The van der Waals surface area contributed by atoms with E-state index in [0.717, 1.165) is 98.4 Å². The number of nitrogens with one attached hydrogen (secondary N) is 2. The van der Waals surface area contributed by atoms with E-state index in [-0.39, 0.29) is 37.3 Å². The first-order valence-corrected chi connectivity index (χ1v) is 20.8. The van der Waals surface area contributed by atoms with E-state index in [4.69, 9.17) is 19.9 Å². The smallest absolute Gasteiger partial charge is 0.290 e. The highest BCUT2D eigenvalue weighted by molar-refractivity contribution is 6.23. The number of alkyl halides is 1. The maximum atomic E-state index is 15.2. The van der Waals surface area contributed by atoms with Gasteiger partial charge in [0.15, 0.2) is 0 Å². The Bertz CT molecular complexity index is 2280. The van der Waals surface area contributed by atoms with Crippen LogP contribution < -0.4 is 15.1 Å². The number of carbonyl (C=O) groups excluding carboxylic acids is 4. The van der Waals surface area contributed by atoms with Gasteiger partial charge in [-0.05, 0) is 82.2 Å². The van der Waals surface area contributed by atoms with Crippen LogP contribution in [-0.2, 0) is 20.8 Å². The molecule has 3 saturated heterocycles. The van der Waals surface area contributed by atoms with Gasteiger partial charge in [-0.25, -0.2) is 14.4 Å². The number of aromatic amines is 1. The average Bonchev–Trinajstić information content (AvgIpc) is 3.71. The van der Waals surface area contributed by atoms with Crippen LogP contribution in [0.4, 0.5) is 16.0 Å². The highest BCUT2D eigenvalue weighted by atomic mass is 19.1. The van der Waals surface area contributed by atoms with Crippen LogP contribution >= 0.6 is 0 Å². The van der Waals surface area contributed by atoms with Crippen LogP contribution in [0, 0.1) is 5.92 Å². The van der Waals surface area contributed by atoms with Crippen molar-refractivity contribution in [2.75, 3.05) is 62.2 Å². The van der Waals surface area contributed by atoms with Crippen LogP contribution in [0.15, 0.2) is 54.9 Å². The number of hydrogen-bond donors (Lipinski definition) is 3. The van der Waals surface area contributed by atoms with Crippen LogP contribution in [0.3, 0.4) is 0 Å². The standard InChI is InChI=1S/C43H50FN9O4.CH2O2/c1-26-20-32-30-6-4-5-7-34(30)47-37(32)38(52(26)25-43(2,3)44)28-22-45-42(46-23-28)51-14-12-27(13-15-51)24-49-16-18-50(19-17-49)29-8-9-31-33(21-29)41(57)53(40(31)56)35-10-11-36(54)48-39(35)55;2-1-3/h4-9,21-23,26-27,35,38,47H,10-20,24-25H2,1-3H3,(H,48,54,55);1H,(H,2,3)/t26-,35?,38-;/m1./s1. The fourth-order valence-electron chi connectivity index (χ4n) is 9.71. The van der Waals surface area contributed by atoms with Crippen molar-refractivity contribution in [1.82, 2.24) is 35.0 Å². The summed E-state index contributed by atoms with van der Waals surface area (Å²) in [6.45, 7) is 11.7. The average molecular weight is 822 g/mol. The molecule has 16 heteroatoms. The van der Waals surface area contributed by atoms with Crippen LogP contribution in [0.1, 0.15) is 90.0 Å². The number of aromatic nitrogens is 3. The van der Waals surface area contributed by atoms with Gasteiger partial charge in [0.1, 0.15) is 11.7 Å². The number of rotatable bonds is 8. The zero-order chi connectivity index (χ0) is 42.3. The molecule has 0 saturated carbocycles. The first-order chi connectivity index (χ1) is 28.8. The predicted molar refractivity (Wildman–Crippen MR) is 223 cm³/mol. The SMILES string of the molecule is C[C@@H]1Cc2c([nH]c3ccccc23)[C@@H](c2cnc(N3CCC(CN4CCN(c5ccc6c(c5)C(=O)N(C5CCC(=O)NC5=O)C6=O)CC4)CC3)nc2)N1CC(C)(C)F.O=CO. The van der Waals surface area contributed by atoms with E-state index in [2.05, 4.69) is 55.0 Å². The summed E-state index contributed by atoms with van der Waals surface area (Å²) < 4.78 is 15.2. The van der Waals surface area contributed by atoms with Gasteiger partial charge in [0.05, 0.1) is 17.2 Å². The number of amides is 4. The Labute approximate surface area is 347 Å². The second-order valence-electron chi connectivity index (χ2n) is 17.2. The number of piperidine rings is 2. The number of piperazine rings is 1. The number of benzene rings is 2. The van der Waals surface area contributed by atoms with E-state index >= 15 is 4.39 Å². The van der Waals surface area contributed by atoms with Gasteiger partial charge in [-0.2, -0.15) is 0 Å². The summed E-state index contributed by atoms with van der Waals surface area (Å²) in [5.74, 6) is -0.661. The number of carboxylic acid groups (broad SMARTS) is 1. The maximum Gasteiger partial charge on any atom is 0.290 e. The molecule has 0 bridgehead atoms. The van der Waals surface area contributed by atoms with E-state index < -0.39 is 29.4 Å². The Kier molecular flexibility index (Phi) is 11.4. The number of H-pyrrole nitrogens is 1. The molecule has 4 amide bonds. The first-order valence-electron chi connectivity index (χ1n) is 20.8. The molecule has 2 aromatic carbocycles. The second-order valence-corrected chi connectivity index (χ2v) is 17.2. The predicted octanol–water partition coefficient (Wildman–Crippen LogP) is 4.18. The van der Waals surface area contributed by atoms with Crippen LogP contribution in [0.2, 0.25) is 0 Å². The van der Waals surface area contributed by atoms with E-state index in [0.29, 0.717) is 23.6 Å². The van der Waals surface area contributed by atoms with E-state index in [1.165, 1.54) is 10.9 Å². The number of carbonyl (C=O) groups is 5. The molecule has 15 nitrogen and oxygen atoms in total. The molecule has 2 aromatic heterocycles. The number of fused-ring (bicyclic) bond motifs is 4. The molecule has 316 valence electrons. The third kappa shape index (κ3) is 8.09. The van der Waals surface area contributed by atoms with Crippen LogP contribution in [0.5, 0.6) is 0 Å². The van der Waals surface area contributed by atoms with Gasteiger partial charge in [0, 0.05) is 105 Å². The van der Waals surface area contributed by atoms with Gasteiger partial charge in [-0.3, -0.25) is 44.0 Å². The highest BCUT2D eigenvalue weighted by Gasteiger charge is 2.45. The number of imide groups is 2. The van der Waals surface area contributed by atoms with Gasteiger partial charge in [-0.1, -0.05) is 18.2 Å². The van der Waals surface area contributed by atoms with E-state index in [9.17, 15) is 19.2 Å². The van der Waals surface area contributed by atoms with Gasteiger partial charge < -0.3 is 19.9 Å². The van der Waals surface area contributed by atoms with Crippen molar-refractivity contribution in [3.05, 3.63) is 82.8 Å². The molecule has 0 aliphatic carbocycles. The fraction of sp³-hybridized carbons (Fsp3) is 0.477. The molecular weight excluding hydrogens is 770 g/mol. The van der Waals surface area contributed by atoms with Gasteiger partial charge in [-0.15, -0.1) is 0 Å². The number of halogens is 1. The summed E-state index contributed by atoms with van der Waals surface area (Å²) in [7, 11) is 0. The van der Waals surface area contributed by atoms with Gasteiger partial charge in [0.2, 0.25) is 17.8 Å². The maximum absolute atomic E-state index is 15.2. The Hall–Kier alpha value is -5.74. The van der Waals surface area contributed by atoms with Crippen molar-refractivity contribution >= 4 is 52.6 Å². The minimum absolute atomic E-state index is 0.0942. The molecule has 3 N–H and O–H groups in total. The van der Waals surface area contributed by atoms with Crippen molar-refractivity contribution in [3.8, 4) is 0 Å². The third-order valence-corrected chi connectivity index (χ3v) is 12.6. The normalized spacial score (nSPS) is 23.0. The number of anilines is 2. The summed E-state index contributed by atoms with van der Waals surface area (Å²) in [4.78, 5) is 82.7. The molecule has 5 aliphatic heterocycles. The molecule has 60 heavy (non-hydrogen) atoms. The summed E-state index contributed by atoms with van der Waals surface area (Å²) in [5, 5.41) is 10.4. The highest BCUT2D eigenvalue weighted by Crippen LogP contribution is 2.42. The molecular formula is C44H52FN9O6. The van der Waals surface area contributed by atoms with Gasteiger partial charge >= 0.3 is 0 Å². The third-order valence-electron chi connectivity index (χ3n) is 12.6. The number of nitrogens with zero attached hydrogens (tertiary/aromatic N) is 7. The lowest BCUT2D eigenvalue weighted by atomic mass is 9.88. The summed E-state index contributed by atoms with van der Waals surface area (Å²) in [5.41, 5.74) is 4.60. The quantitative estimate of drug-likeness (QED) is 0.171. The largest absolute Gasteiger partial charge is 0.483 e. The van der Waals surface area contributed by atoms with Crippen LogP contribution in [0.25, 0.3) is 10.9 Å². The van der Waals surface area contributed by atoms with Crippen molar-refractivity contribution in [1.29, 1.82) is 0 Å². The zero-order valence-corrected chi connectivity index (χ0v) is 34.3. The van der Waals surface area contributed by atoms with Crippen molar-refractivity contribution in [2.24, 2.45) is 5.92 Å². The first kappa shape index (κ1) is 41.0. The molecule has 4 aromatic rings. The Morgan fingerprint density at radius 2 is 1.58 bits per heavy atom. The second kappa shape index (κ2) is 16.7. The van der Waals surface area contributed by atoms with Crippen molar-refractivity contribution < 1.29 is 33.5 Å². The molecule has 3 atom stereocenters. The van der Waals surface area contributed by atoms with E-state index in [1.54, 1.807) is 26.0 Å². The zero-order valence-electron chi connectivity index (χ0n) is 34.3. The Morgan fingerprint density at radius 1 is 0.900 bits per heavy atom. The molecule has 0 radical (unpaired) electrons. The summed E-state index contributed by atoms with van der Waals surface area (Å²) in [6.07, 6.45) is 7.06. The van der Waals surface area contributed by atoms with Gasteiger partial charge in [0.25, 0.3) is 18.3 Å².